The Hall–Kier alpha value is -3.83. The van der Waals surface area contributed by atoms with E-state index in [1.807, 2.05) is 49.8 Å². The van der Waals surface area contributed by atoms with Crippen LogP contribution < -0.4 is 5.69 Å². The highest BCUT2D eigenvalue weighted by molar-refractivity contribution is 7.88. The lowest BCUT2D eigenvalue weighted by Crippen LogP contribution is -2.52. The Morgan fingerprint density at radius 2 is 1.71 bits per heavy atom. The van der Waals surface area contributed by atoms with Gasteiger partial charge in [-0.1, -0.05) is 12.1 Å². The van der Waals surface area contributed by atoms with Crippen LogP contribution in [0.3, 0.4) is 0 Å². The van der Waals surface area contributed by atoms with Crippen LogP contribution in [0.25, 0.3) is 44.3 Å². The number of pyridine rings is 2. The molecule has 0 spiro atoms. The van der Waals surface area contributed by atoms with Gasteiger partial charge in [0.05, 0.1) is 46.9 Å². The molecular weight excluding hydrogens is 466 g/mol. The fourth-order valence-electron chi connectivity index (χ4n) is 4.68. The molecule has 4 aromatic heterocycles. The molecule has 1 aliphatic rings. The second-order valence-electron chi connectivity index (χ2n) is 9.00. The van der Waals surface area contributed by atoms with Crippen molar-refractivity contribution in [1.82, 2.24) is 33.2 Å². The maximum absolute atomic E-state index is 13.2. The predicted molar refractivity (Wildman–Crippen MR) is 133 cm³/mol. The molecule has 0 amide bonds. The van der Waals surface area contributed by atoms with Crippen LogP contribution in [0.1, 0.15) is 6.04 Å². The number of sulfonamides is 1. The van der Waals surface area contributed by atoms with Gasteiger partial charge in [0.15, 0.2) is 0 Å². The first-order valence-electron chi connectivity index (χ1n) is 11.1. The van der Waals surface area contributed by atoms with Gasteiger partial charge in [-0.3, -0.25) is 23.8 Å². The molecule has 1 aliphatic heterocycles. The van der Waals surface area contributed by atoms with E-state index < -0.39 is 10.0 Å². The van der Waals surface area contributed by atoms with Crippen LogP contribution in [0.4, 0.5) is 0 Å². The zero-order valence-corrected chi connectivity index (χ0v) is 20.3. The van der Waals surface area contributed by atoms with Crippen LogP contribution in [0, 0.1) is 0 Å². The smallest absolute Gasteiger partial charge is 0.293 e. The maximum Gasteiger partial charge on any atom is 0.329 e. The summed E-state index contributed by atoms with van der Waals surface area (Å²) in [6.45, 7) is 0.558. The van der Waals surface area contributed by atoms with Crippen molar-refractivity contribution < 1.29 is 8.42 Å². The van der Waals surface area contributed by atoms with Crippen LogP contribution in [-0.2, 0) is 24.1 Å². The van der Waals surface area contributed by atoms with Crippen LogP contribution in [0.2, 0.25) is 0 Å². The number of aromatic nitrogens is 6. The molecule has 0 unspecified atom stereocenters. The third-order valence-corrected chi connectivity index (χ3v) is 7.91. The molecule has 178 valence electrons. The number of nitrogens with zero attached hydrogens (tertiary/aromatic N) is 7. The van der Waals surface area contributed by atoms with Gasteiger partial charge in [0.2, 0.25) is 10.0 Å². The van der Waals surface area contributed by atoms with Gasteiger partial charge >= 0.3 is 5.69 Å². The zero-order valence-electron chi connectivity index (χ0n) is 19.5. The van der Waals surface area contributed by atoms with Gasteiger partial charge in [0.1, 0.15) is 0 Å². The Morgan fingerprint density at radius 1 is 0.943 bits per heavy atom. The van der Waals surface area contributed by atoms with E-state index >= 15 is 0 Å². The van der Waals surface area contributed by atoms with Gasteiger partial charge in [0, 0.05) is 56.1 Å². The summed E-state index contributed by atoms with van der Waals surface area (Å²) in [7, 11) is 0.296. The largest absolute Gasteiger partial charge is 0.329 e. The number of rotatable bonds is 4. The SMILES string of the molecule is Cn1cc(-c2ccc(-c3ccc4ncc5c(c4c3)n(C3CN(S(C)(=O)=O)C3)c(=O)n5C)cn2)cn1. The third-order valence-electron chi connectivity index (χ3n) is 6.68. The Labute approximate surface area is 201 Å². The first-order valence-corrected chi connectivity index (χ1v) is 13.0. The quantitative estimate of drug-likeness (QED) is 0.383. The number of aryl methyl sites for hydroxylation is 2. The van der Waals surface area contributed by atoms with Crippen molar-refractivity contribution in [2.75, 3.05) is 19.3 Å². The van der Waals surface area contributed by atoms with Gasteiger partial charge in [-0.05, 0) is 23.8 Å². The van der Waals surface area contributed by atoms with E-state index in [9.17, 15) is 13.2 Å². The van der Waals surface area contributed by atoms with Crippen molar-refractivity contribution in [3.8, 4) is 22.4 Å². The lowest BCUT2D eigenvalue weighted by Gasteiger charge is -2.37. The fourth-order valence-corrected chi connectivity index (χ4v) is 5.57. The van der Waals surface area contributed by atoms with Gasteiger partial charge in [-0.2, -0.15) is 9.40 Å². The Bertz CT molecular complexity index is 1780. The molecule has 35 heavy (non-hydrogen) atoms. The molecule has 1 aromatic carbocycles. The molecule has 0 N–H and O–H groups in total. The topological polar surface area (TPSA) is 108 Å². The highest BCUT2D eigenvalue weighted by Gasteiger charge is 2.36. The maximum atomic E-state index is 13.2. The fraction of sp³-hybridized carbons (Fsp3) is 0.250. The van der Waals surface area contributed by atoms with E-state index in [0.29, 0.717) is 5.52 Å². The van der Waals surface area contributed by atoms with Gasteiger partial charge in [-0.15, -0.1) is 0 Å². The summed E-state index contributed by atoms with van der Waals surface area (Å²) in [6, 6.07) is 9.69. The van der Waals surface area contributed by atoms with Crippen molar-refractivity contribution in [2.45, 2.75) is 6.04 Å². The lowest BCUT2D eigenvalue weighted by atomic mass is 10.0. The van der Waals surface area contributed by atoms with Crippen molar-refractivity contribution in [3.05, 3.63) is 65.6 Å². The minimum Gasteiger partial charge on any atom is -0.293 e. The lowest BCUT2D eigenvalue weighted by molar-refractivity contribution is 0.205. The van der Waals surface area contributed by atoms with Crippen molar-refractivity contribution >= 4 is 32.0 Å². The van der Waals surface area contributed by atoms with Crippen LogP contribution in [0.5, 0.6) is 0 Å². The third kappa shape index (κ3) is 3.46. The molecule has 1 fully saturated rings. The van der Waals surface area contributed by atoms with Crippen LogP contribution in [0.15, 0.2) is 59.9 Å². The first-order chi connectivity index (χ1) is 16.7. The molecule has 0 saturated carbocycles. The van der Waals surface area contributed by atoms with Gasteiger partial charge < -0.3 is 0 Å². The molecule has 6 rings (SSSR count). The highest BCUT2D eigenvalue weighted by atomic mass is 32.2. The minimum atomic E-state index is -3.29. The van der Waals surface area contributed by atoms with E-state index in [1.165, 1.54) is 10.6 Å². The number of fused-ring (bicyclic) bond motifs is 3. The number of imidazole rings is 1. The van der Waals surface area contributed by atoms with Crippen molar-refractivity contribution in [2.24, 2.45) is 14.1 Å². The summed E-state index contributed by atoms with van der Waals surface area (Å²) in [5.41, 5.74) is 5.73. The van der Waals surface area contributed by atoms with Crippen LogP contribution >= 0.6 is 0 Å². The molecule has 0 aliphatic carbocycles. The minimum absolute atomic E-state index is 0.180. The normalized spacial score (nSPS) is 15.2. The van der Waals surface area contributed by atoms with E-state index in [-0.39, 0.29) is 24.8 Å². The summed E-state index contributed by atoms with van der Waals surface area (Å²) in [5, 5.41) is 5.04. The van der Waals surface area contributed by atoms with E-state index in [1.54, 1.807) is 33.3 Å². The molecule has 5 heterocycles. The summed E-state index contributed by atoms with van der Waals surface area (Å²) in [5.74, 6) is 0. The van der Waals surface area contributed by atoms with Crippen molar-refractivity contribution in [1.29, 1.82) is 0 Å². The molecule has 0 atom stereocenters. The number of benzene rings is 1. The van der Waals surface area contributed by atoms with Gasteiger partial charge in [-0.25, -0.2) is 13.2 Å². The average molecular weight is 490 g/mol. The second-order valence-corrected chi connectivity index (χ2v) is 11.0. The second kappa shape index (κ2) is 7.59. The summed E-state index contributed by atoms with van der Waals surface area (Å²) < 4.78 is 30.2. The van der Waals surface area contributed by atoms with Crippen molar-refractivity contribution in [3.63, 3.8) is 0 Å². The molecule has 0 radical (unpaired) electrons. The van der Waals surface area contributed by atoms with E-state index in [2.05, 4.69) is 15.1 Å². The average Bonchev–Trinajstić information content (AvgIpc) is 3.34. The van der Waals surface area contributed by atoms with E-state index in [0.717, 1.165) is 38.8 Å². The Kier molecular flexibility index (Phi) is 4.70. The zero-order chi connectivity index (χ0) is 24.5. The monoisotopic (exact) mass is 489 g/mol. The molecule has 10 nitrogen and oxygen atoms in total. The molecule has 5 aromatic rings. The molecule has 1 saturated heterocycles. The molecule has 11 heteroatoms. The van der Waals surface area contributed by atoms with Gasteiger partial charge in [0.25, 0.3) is 0 Å². The summed E-state index contributed by atoms with van der Waals surface area (Å²) in [6.07, 6.45) is 8.41. The standard InChI is InChI=1S/C24H23N7O3S/c1-28-12-17(10-27-28)20-6-5-16(9-25-20)15-4-7-21-19(8-15)23-22(11-26-21)29(2)24(32)31(23)18-13-30(14-18)35(3,33)34/h4-12,18H,13-14H2,1-3H3. The Balaban J connectivity index is 1.46. The van der Waals surface area contributed by atoms with E-state index in [4.69, 9.17) is 0 Å². The molecular formula is C24H23N7O3S. The number of hydrogen-bond donors (Lipinski definition) is 0. The highest BCUT2D eigenvalue weighted by Crippen LogP contribution is 2.32. The van der Waals surface area contributed by atoms with Crippen LogP contribution in [-0.4, -0.2) is 61.0 Å². The predicted octanol–water partition coefficient (Wildman–Crippen LogP) is 2.17. The first kappa shape index (κ1) is 21.7. The summed E-state index contributed by atoms with van der Waals surface area (Å²) >= 11 is 0. The number of hydrogen-bond acceptors (Lipinski definition) is 6. The summed E-state index contributed by atoms with van der Waals surface area (Å²) in [4.78, 5) is 22.3. The molecule has 0 bridgehead atoms. The Morgan fingerprint density at radius 3 is 2.37 bits per heavy atom.